The third-order valence-electron chi connectivity index (χ3n) is 7.77. The highest BCUT2D eigenvalue weighted by Gasteiger charge is 2.34. The number of cyclic esters (lactones) is 1. The summed E-state index contributed by atoms with van der Waals surface area (Å²) in [5.74, 6) is -0.350. The summed E-state index contributed by atoms with van der Waals surface area (Å²) in [4.78, 5) is 44.4. The number of amides is 1. The molecular weight excluding hydrogens is 510 g/mol. The Morgan fingerprint density at radius 3 is 2.67 bits per heavy atom. The van der Waals surface area contributed by atoms with E-state index in [4.69, 9.17) is 14.5 Å². The molecule has 6 rings (SSSR count). The highest BCUT2D eigenvalue weighted by Crippen LogP contribution is 2.38. The Morgan fingerprint density at radius 1 is 1.15 bits per heavy atom. The van der Waals surface area contributed by atoms with Gasteiger partial charge < -0.3 is 24.0 Å². The number of pyridine rings is 2. The minimum Gasteiger partial charge on any atom is -0.458 e. The first-order valence-corrected chi connectivity index (χ1v) is 13.3. The first kappa shape index (κ1) is 25.8. The molecule has 0 aliphatic carbocycles. The first-order valence-electron chi connectivity index (χ1n) is 13.3. The van der Waals surface area contributed by atoms with Crippen LogP contribution in [0.3, 0.4) is 0 Å². The van der Waals surface area contributed by atoms with E-state index < -0.39 is 18.2 Å². The molecule has 0 bridgehead atoms. The van der Waals surface area contributed by atoms with Crippen LogP contribution in [0.1, 0.15) is 46.4 Å². The predicted octanol–water partition coefficient (Wildman–Crippen LogP) is 4.06. The lowest BCUT2D eigenvalue weighted by atomic mass is 9.97. The highest BCUT2D eigenvalue weighted by molar-refractivity contribution is 5.90. The number of aliphatic hydroxyl groups excluding tert-OH is 1. The zero-order chi connectivity index (χ0) is 28.1. The molecule has 9 nitrogen and oxygen atoms in total. The Balaban J connectivity index is 1.29. The summed E-state index contributed by atoms with van der Waals surface area (Å²) >= 11 is 0. The van der Waals surface area contributed by atoms with Crippen LogP contribution in [0.4, 0.5) is 4.79 Å². The molecule has 2 aromatic carbocycles. The van der Waals surface area contributed by atoms with Crippen molar-refractivity contribution < 1.29 is 24.2 Å². The maximum Gasteiger partial charge on any atom is 0.414 e. The van der Waals surface area contributed by atoms with Crippen molar-refractivity contribution in [3.05, 3.63) is 92.3 Å². The molecule has 0 saturated carbocycles. The van der Waals surface area contributed by atoms with Crippen LogP contribution in [0.15, 0.2) is 53.3 Å². The average Bonchev–Trinajstić information content (AvgIpc) is 3.32. The Morgan fingerprint density at radius 2 is 1.93 bits per heavy atom. The number of hydrogen-bond donors (Lipinski definition) is 1. The zero-order valence-corrected chi connectivity index (χ0v) is 22.6. The van der Waals surface area contributed by atoms with Crippen molar-refractivity contribution in [1.82, 2.24) is 14.5 Å². The third-order valence-corrected chi connectivity index (χ3v) is 7.77. The molecule has 9 heteroatoms. The van der Waals surface area contributed by atoms with Crippen LogP contribution in [0.5, 0.6) is 5.75 Å². The Bertz CT molecular complexity index is 1740. The normalized spacial score (nSPS) is 15.3. The zero-order valence-electron chi connectivity index (χ0n) is 22.6. The fourth-order valence-corrected chi connectivity index (χ4v) is 5.48. The second-order valence-electron chi connectivity index (χ2n) is 10.3. The van der Waals surface area contributed by atoms with Crippen molar-refractivity contribution in [3.8, 4) is 17.1 Å². The second-order valence-corrected chi connectivity index (χ2v) is 10.3. The van der Waals surface area contributed by atoms with Crippen molar-refractivity contribution >= 4 is 23.0 Å². The number of aliphatic hydroxyl groups is 1. The van der Waals surface area contributed by atoms with Gasteiger partial charge in [0.2, 0.25) is 0 Å². The van der Waals surface area contributed by atoms with Gasteiger partial charge in [0, 0.05) is 30.1 Å². The van der Waals surface area contributed by atoms with Gasteiger partial charge in [-0.3, -0.25) is 4.79 Å². The maximum absolute atomic E-state index is 13.3. The molecule has 4 aromatic rings. The smallest absolute Gasteiger partial charge is 0.414 e. The summed E-state index contributed by atoms with van der Waals surface area (Å²) < 4.78 is 12.3. The molecule has 40 heavy (non-hydrogen) atoms. The molecule has 0 spiro atoms. The monoisotopic (exact) mass is 539 g/mol. The van der Waals surface area contributed by atoms with Gasteiger partial charge in [-0.1, -0.05) is 36.8 Å². The summed E-state index contributed by atoms with van der Waals surface area (Å²) in [5, 5.41) is 11.2. The Labute approximate surface area is 230 Å². The van der Waals surface area contributed by atoms with Crippen molar-refractivity contribution in [2.75, 3.05) is 13.6 Å². The average molecular weight is 540 g/mol. The minimum atomic E-state index is -1.50. The summed E-state index contributed by atoms with van der Waals surface area (Å²) in [6, 6.07) is 15.2. The molecule has 1 atom stereocenters. The molecule has 204 valence electrons. The van der Waals surface area contributed by atoms with Gasteiger partial charge in [-0.05, 0) is 55.2 Å². The standard InChI is InChI=1S/C31H29N3O6/c1-4-20-21-13-19(40-31(38)33(3)12-11-18-7-5-17(2)6-8-18)9-10-25(21)32-27-23(20)15-34-26(27)14-22-24(29(34)36)16-39-30(37)28(22)35/h5-10,13-14,28,35H,4,11-12,15-16H2,1-3H3. The summed E-state index contributed by atoms with van der Waals surface area (Å²) in [6.45, 7) is 4.75. The van der Waals surface area contributed by atoms with Gasteiger partial charge in [-0.25, -0.2) is 14.6 Å². The van der Waals surface area contributed by atoms with Crippen LogP contribution in [0.25, 0.3) is 22.3 Å². The van der Waals surface area contributed by atoms with Crippen LogP contribution < -0.4 is 10.3 Å². The molecule has 0 fully saturated rings. The number of aryl methyl sites for hydroxylation is 2. The largest absolute Gasteiger partial charge is 0.458 e. The van der Waals surface area contributed by atoms with Crippen LogP contribution in [0.2, 0.25) is 0 Å². The van der Waals surface area contributed by atoms with Gasteiger partial charge >= 0.3 is 12.1 Å². The van der Waals surface area contributed by atoms with E-state index in [1.807, 2.05) is 19.9 Å². The van der Waals surface area contributed by atoms with E-state index in [1.54, 1.807) is 34.7 Å². The van der Waals surface area contributed by atoms with Crippen molar-refractivity contribution in [2.24, 2.45) is 0 Å². The van der Waals surface area contributed by atoms with E-state index in [1.165, 1.54) is 5.56 Å². The SMILES string of the molecule is CCc1c2c(nc3ccc(OC(=O)N(C)CCc4ccc(C)cc4)cc13)-c1cc3c(c(=O)n1C2)COC(=O)C3O. The summed E-state index contributed by atoms with van der Waals surface area (Å²) in [5.41, 5.74) is 6.41. The third kappa shape index (κ3) is 4.32. The summed E-state index contributed by atoms with van der Waals surface area (Å²) in [7, 11) is 1.72. The van der Waals surface area contributed by atoms with Crippen LogP contribution in [0, 0.1) is 6.92 Å². The minimum absolute atomic E-state index is 0.162. The van der Waals surface area contributed by atoms with E-state index in [0.717, 1.165) is 28.5 Å². The quantitative estimate of drug-likeness (QED) is 0.335. The molecule has 0 radical (unpaired) electrons. The predicted molar refractivity (Wildman–Crippen MR) is 148 cm³/mol. The van der Waals surface area contributed by atoms with Gasteiger partial charge in [0.05, 0.1) is 29.0 Å². The number of carbonyl (C=O) groups is 2. The Kier molecular flexibility index (Phi) is 6.38. The molecule has 2 aliphatic heterocycles. The van der Waals surface area contributed by atoms with E-state index in [2.05, 4.69) is 24.3 Å². The van der Waals surface area contributed by atoms with Crippen LogP contribution >= 0.6 is 0 Å². The topological polar surface area (TPSA) is 111 Å². The molecule has 1 amide bonds. The molecule has 1 unspecified atom stereocenters. The van der Waals surface area contributed by atoms with Gasteiger partial charge in [-0.2, -0.15) is 0 Å². The van der Waals surface area contributed by atoms with E-state index in [0.29, 0.717) is 42.2 Å². The van der Waals surface area contributed by atoms with E-state index in [9.17, 15) is 19.5 Å². The fraction of sp³-hybridized carbons (Fsp3) is 0.290. The molecule has 4 heterocycles. The highest BCUT2D eigenvalue weighted by atomic mass is 16.6. The lowest BCUT2D eigenvalue weighted by Gasteiger charge is -2.21. The van der Waals surface area contributed by atoms with Gasteiger partial charge in [0.25, 0.3) is 5.56 Å². The number of likely N-dealkylation sites (N-methyl/N-ethyl adjacent to an activating group) is 1. The fourth-order valence-electron chi connectivity index (χ4n) is 5.48. The molecule has 1 N–H and O–H groups in total. The molecule has 2 aromatic heterocycles. The van der Waals surface area contributed by atoms with Crippen molar-refractivity contribution in [1.29, 1.82) is 0 Å². The van der Waals surface area contributed by atoms with Gasteiger partial charge in [0.1, 0.15) is 12.4 Å². The van der Waals surface area contributed by atoms with Crippen molar-refractivity contribution in [3.63, 3.8) is 0 Å². The number of esters is 1. The number of aromatic nitrogens is 2. The Hall–Kier alpha value is -4.50. The van der Waals surface area contributed by atoms with Crippen molar-refractivity contribution in [2.45, 2.75) is 45.9 Å². The van der Waals surface area contributed by atoms with Gasteiger partial charge in [-0.15, -0.1) is 0 Å². The molecular formula is C31H29N3O6. The second kappa shape index (κ2) is 9.91. The van der Waals surface area contributed by atoms with E-state index in [-0.39, 0.29) is 23.3 Å². The number of hydrogen-bond acceptors (Lipinski definition) is 7. The van der Waals surface area contributed by atoms with Crippen LogP contribution in [-0.4, -0.2) is 45.2 Å². The maximum atomic E-state index is 13.3. The lowest BCUT2D eigenvalue weighted by Crippen LogP contribution is -2.32. The number of carbonyl (C=O) groups excluding carboxylic acids is 2. The summed E-state index contributed by atoms with van der Waals surface area (Å²) in [6.07, 6.45) is -0.550. The number of nitrogens with zero attached hydrogens (tertiary/aromatic N) is 3. The number of benzene rings is 2. The number of fused-ring (bicyclic) bond motifs is 5. The van der Waals surface area contributed by atoms with Gasteiger partial charge in [0.15, 0.2) is 6.10 Å². The molecule has 2 aliphatic rings. The van der Waals surface area contributed by atoms with Crippen LogP contribution in [-0.2, 0) is 35.5 Å². The molecule has 0 saturated heterocycles. The lowest BCUT2D eigenvalue weighted by molar-refractivity contribution is -0.157. The number of rotatable bonds is 5. The number of ether oxygens (including phenoxy) is 2. The van der Waals surface area contributed by atoms with E-state index >= 15 is 0 Å². The first-order chi connectivity index (χ1) is 19.2.